The summed E-state index contributed by atoms with van der Waals surface area (Å²) in [7, 11) is 0. The molecule has 174 valence electrons. The number of piperidine rings is 1. The summed E-state index contributed by atoms with van der Waals surface area (Å²) in [4.78, 5) is 19.7. The van der Waals surface area contributed by atoms with Gasteiger partial charge in [0.05, 0.1) is 16.4 Å². The molecule has 6 nitrogen and oxygen atoms in total. The minimum atomic E-state index is -0.431. The zero-order valence-corrected chi connectivity index (χ0v) is 19.8. The van der Waals surface area contributed by atoms with Gasteiger partial charge in [-0.15, -0.1) is 0 Å². The molecule has 0 aliphatic carbocycles. The maximum Gasteiger partial charge on any atom is 0.227 e. The van der Waals surface area contributed by atoms with Crippen LogP contribution in [0, 0.1) is 25.6 Å². The van der Waals surface area contributed by atoms with E-state index in [0.29, 0.717) is 31.6 Å². The minimum absolute atomic E-state index is 0.0926. The Labute approximate surface area is 202 Å². The van der Waals surface area contributed by atoms with E-state index in [1.165, 1.54) is 23.8 Å². The number of carbonyl (C=O) groups excluding carboxylic acids is 1. The van der Waals surface area contributed by atoms with Gasteiger partial charge in [-0.25, -0.2) is 9.37 Å². The Balaban J connectivity index is 1.33. The largest absolute Gasteiger partial charge is 0.356 e. The highest BCUT2D eigenvalue weighted by molar-refractivity contribution is 6.33. The van der Waals surface area contributed by atoms with Crippen LogP contribution in [0.15, 0.2) is 54.6 Å². The normalized spacial score (nSPS) is 14.5. The first-order chi connectivity index (χ1) is 16.4. The van der Waals surface area contributed by atoms with Gasteiger partial charge in [-0.3, -0.25) is 4.79 Å². The standard InChI is InChI=1S/C26H25ClFN5O/c1-16-3-5-18(6-4-16)23-15-24-29-17(2)13-25(33(24)31-23)32-11-9-19(10-12-32)26(34)30-22-8-7-20(28)14-21(22)27/h3-8,13-15,19H,9-12H2,1-2H3,(H,30,34). The van der Waals surface area contributed by atoms with E-state index >= 15 is 0 Å². The number of aryl methyl sites for hydroxylation is 2. The van der Waals surface area contributed by atoms with Crippen LogP contribution in [0.3, 0.4) is 0 Å². The number of fused-ring (bicyclic) bond motifs is 1. The Bertz CT molecular complexity index is 1360. The van der Waals surface area contributed by atoms with Gasteiger partial charge >= 0.3 is 0 Å². The fraction of sp³-hybridized carbons (Fsp3) is 0.269. The molecular formula is C26H25ClFN5O. The summed E-state index contributed by atoms with van der Waals surface area (Å²) in [5, 5.41) is 7.88. The van der Waals surface area contributed by atoms with Crippen molar-refractivity contribution in [2.45, 2.75) is 26.7 Å². The monoisotopic (exact) mass is 477 g/mol. The summed E-state index contributed by atoms with van der Waals surface area (Å²) in [5.41, 5.74) is 5.29. The van der Waals surface area contributed by atoms with Crippen LogP contribution in [0.2, 0.25) is 5.02 Å². The third kappa shape index (κ3) is 4.48. The fourth-order valence-electron chi connectivity index (χ4n) is 4.37. The maximum absolute atomic E-state index is 13.3. The third-order valence-electron chi connectivity index (χ3n) is 6.26. The summed E-state index contributed by atoms with van der Waals surface area (Å²) < 4.78 is 15.2. The number of benzene rings is 2. The summed E-state index contributed by atoms with van der Waals surface area (Å²) in [6.07, 6.45) is 1.39. The minimum Gasteiger partial charge on any atom is -0.356 e. The van der Waals surface area contributed by atoms with E-state index in [0.717, 1.165) is 28.4 Å². The van der Waals surface area contributed by atoms with E-state index < -0.39 is 5.82 Å². The molecular weight excluding hydrogens is 453 g/mol. The molecule has 5 rings (SSSR count). The number of halogens is 2. The highest BCUT2D eigenvalue weighted by Crippen LogP contribution is 2.29. The summed E-state index contributed by atoms with van der Waals surface area (Å²) >= 11 is 6.06. The Morgan fingerprint density at radius 2 is 1.79 bits per heavy atom. The van der Waals surface area contributed by atoms with Crippen LogP contribution in [0.5, 0.6) is 0 Å². The highest BCUT2D eigenvalue weighted by atomic mass is 35.5. The van der Waals surface area contributed by atoms with Crippen LogP contribution in [0.4, 0.5) is 15.9 Å². The number of rotatable bonds is 4. The predicted molar refractivity (Wildman–Crippen MR) is 133 cm³/mol. The molecule has 34 heavy (non-hydrogen) atoms. The average Bonchev–Trinajstić information content (AvgIpc) is 3.25. The van der Waals surface area contributed by atoms with Crippen molar-refractivity contribution >= 4 is 34.7 Å². The average molecular weight is 478 g/mol. The molecule has 1 N–H and O–H groups in total. The van der Waals surface area contributed by atoms with Gasteiger partial charge in [0.1, 0.15) is 11.6 Å². The summed E-state index contributed by atoms with van der Waals surface area (Å²) in [6.45, 7) is 5.48. The van der Waals surface area contributed by atoms with Gasteiger partial charge in [0, 0.05) is 42.4 Å². The highest BCUT2D eigenvalue weighted by Gasteiger charge is 2.27. The zero-order valence-electron chi connectivity index (χ0n) is 19.1. The van der Waals surface area contributed by atoms with Crippen molar-refractivity contribution in [3.8, 4) is 11.3 Å². The molecule has 0 atom stereocenters. The first kappa shape index (κ1) is 22.3. The molecule has 8 heteroatoms. The lowest BCUT2D eigenvalue weighted by Gasteiger charge is -2.33. The van der Waals surface area contributed by atoms with Crippen LogP contribution >= 0.6 is 11.6 Å². The van der Waals surface area contributed by atoms with E-state index in [2.05, 4.69) is 46.4 Å². The number of carbonyl (C=O) groups is 1. The van der Waals surface area contributed by atoms with Gasteiger partial charge in [-0.05, 0) is 44.9 Å². The first-order valence-corrected chi connectivity index (χ1v) is 11.7. The second-order valence-electron chi connectivity index (χ2n) is 8.80. The number of hydrogen-bond donors (Lipinski definition) is 1. The predicted octanol–water partition coefficient (Wildman–Crippen LogP) is 5.66. The van der Waals surface area contributed by atoms with Crippen molar-refractivity contribution in [2.24, 2.45) is 5.92 Å². The second-order valence-corrected chi connectivity index (χ2v) is 9.20. The van der Waals surface area contributed by atoms with Crippen molar-refractivity contribution in [1.29, 1.82) is 0 Å². The van der Waals surface area contributed by atoms with Gasteiger partial charge in [0.15, 0.2) is 5.65 Å². The van der Waals surface area contributed by atoms with Crippen molar-refractivity contribution in [2.75, 3.05) is 23.3 Å². The van der Waals surface area contributed by atoms with Gasteiger partial charge in [-0.2, -0.15) is 9.61 Å². The molecule has 1 aliphatic heterocycles. The smallest absolute Gasteiger partial charge is 0.227 e. The van der Waals surface area contributed by atoms with Crippen LogP contribution < -0.4 is 10.2 Å². The Morgan fingerprint density at radius 1 is 1.06 bits per heavy atom. The molecule has 0 unspecified atom stereocenters. The first-order valence-electron chi connectivity index (χ1n) is 11.3. The van der Waals surface area contributed by atoms with Gasteiger partial charge in [0.25, 0.3) is 0 Å². The molecule has 1 fully saturated rings. The molecule has 1 aliphatic rings. The molecule has 4 aromatic rings. The molecule has 1 saturated heterocycles. The van der Waals surface area contributed by atoms with Crippen LogP contribution in [0.25, 0.3) is 16.9 Å². The zero-order chi connectivity index (χ0) is 23.8. The van der Waals surface area contributed by atoms with Crippen molar-refractivity contribution in [3.63, 3.8) is 0 Å². The van der Waals surface area contributed by atoms with E-state index in [1.807, 2.05) is 23.6 Å². The summed E-state index contributed by atoms with van der Waals surface area (Å²) in [6, 6.07) is 16.3. The quantitative estimate of drug-likeness (QED) is 0.412. The SMILES string of the molecule is Cc1ccc(-c2cc3nc(C)cc(N4CCC(C(=O)Nc5ccc(F)cc5Cl)CC4)n3n2)cc1. The molecule has 0 saturated carbocycles. The van der Waals surface area contributed by atoms with Crippen molar-refractivity contribution in [1.82, 2.24) is 14.6 Å². The maximum atomic E-state index is 13.3. The van der Waals surface area contributed by atoms with Gasteiger partial charge in [-0.1, -0.05) is 41.4 Å². The number of nitrogens with zero attached hydrogens (tertiary/aromatic N) is 4. The molecule has 2 aromatic carbocycles. The van der Waals surface area contributed by atoms with Crippen molar-refractivity contribution in [3.05, 3.63) is 76.7 Å². The molecule has 2 aromatic heterocycles. The van der Waals surface area contributed by atoms with E-state index in [9.17, 15) is 9.18 Å². The lowest BCUT2D eigenvalue weighted by Crippen LogP contribution is -2.39. The van der Waals surface area contributed by atoms with Crippen LogP contribution in [-0.4, -0.2) is 33.6 Å². The molecule has 3 heterocycles. The van der Waals surface area contributed by atoms with Crippen molar-refractivity contribution < 1.29 is 9.18 Å². The molecule has 0 radical (unpaired) electrons. The Morgan fingerprint density at radius 3 is 2.50 bits per heavy atom. The van der Waals surface area contributed by atoms with E-state index in [1.54, 1.807) is 0 Å². The molecule has 0 spiro atoms. The molecule has 0 bridgehead atoms. The van der Waals surface area contributed by atoms with Gasteiger partial charge in [0.2, 0.25) is 5.91 Å². The Hall–Kier alpha value is -3.45. The number of nitrogens with one attached hydrogen (secondary N) is 1. The van der Waals surface area contributed by atoms with E-state index in [-0.39, 0.29) is 16.8 Å². The Kier molecular flexibility index (Phi) is 5.96. The second kappa shape index (κ2) is 9.06. The number of hydrogen-bond acceptors (Lipinski definition) is 4. The van der Waals surface area contributed by atoms with Crippen LogP contribution in [-0.2, 0) is 4.79 Å². The molecule has 1 amide bonds. The lowest BCUT2D eigenvalue weighted by molar-refractivity contribution is -0.120. The van der Waals surface area contributed by atoms with E-state index in [4.69, 9.17) is 16.7 Å². The fourth-order valence-corrected chi connectivity index (χ4v) is 4.58. The summed E-state index contributed by atoms with van der Waals surface area (Å²) in [5.74, 6) is 0.308. The third-order valence-corrected chi connectivity index (χ3v) is 6.58. The topological polar surface area (TPSA) is 62.5 Å². The van der Waals surface area contributed by atoms with Gasteiger partial charge < -0.3 is 10.2 Å². The number of aromatic nitrogens is 3. The number of anilines is 2. The number of amides is 1. The lowest BCUT2D eigenvalue weighted by atomic mass is 9.95. The van der Waals surface area contributed by atoms with Crippen LogP contribution in [0.1, 0.15) is 24.1 Å².